The molecule has 0 spiro atoms. The van der Waals surface area contributed by atoms with Crippen LogP contribution in [0.4, 0.5) is 0 Å². The third-order valence-electron chi connectivity index (χ3n) is 2.95. The van der Waals surface area contributed by atoms with Crippen LogP contribution in [0.15, 0.2) is 30.6 Å². The van der Waals surface area contributed by atoms with Crippen LogP contribution in [0.2, 0.25) is 0 Å². The maximum atomic E-state index is 5.50. The van der Waals surface area contributed by atoms with Crippen molar-refractivity contribution in [1.82, 2.24) is 20.5 Å². The Bertz CT molecular complexity index is 560. The van der Waals surface area contributed by atoms with Gasteiger partial charge in [-0.3, -0.25) is 4.98 Å². The van der Waals surface area contributed by atoms with E-state index in [0.29, 0.717) is 12.5 Å². The van der Waals surface area contributed by atoms with Gasteiger partial charge in [0, 0.05) is 12.3 Å². The number of rotatable bonds is 7. The van der Waals surface area contributed by atoms with Gasteiger partial charge in [-0.25, -0.2) is 0 Å². The molecule has 112 valence electrons. The van der Waals surface area contributed by atoms with E-state index in [4.69, 9.17) is 9.47 Å². The van der Waals surface area contributed by atoms with Crippen LogP contribution in [0, 0.1) is 0 Å². The van der Waals surface area contributed by atoms with Crippen molar-refractivity contribution in [1.29, 1.82) is 0 Å². The van der Waals surface area contributed by atoms with Gasteiger partial charge in [0.15, 0.2) is 0 Å². The fraction of sp³-hybridized carbons (Fsp3) is 0.400. The summed E-state index contributed by atoms with van der Waals surface area (Å²) in [7, 11) is 1.57. The molecule has 0 aromatic carbocycles. The van der Waals surface area contributed by atoms with Crippen molar-refractivity contribution >= 4 is 0 Å². The van der Waals surface area contributed by atoms with E-state index < -0.39 is 0 Å². The molecule has 0 amide bonds. The summed E-state index contributed by atoms with van der Waals surface area (Å²) in [6.45, 7) is 5.41. The Hall–Kier alpha value is -2.21. The first kappa shape index (κ1) is 15.2. The van der Waals surface area contributed by atoms with E-state index in [1.54, 1.807) is 19.4 Å². The Labute approximate surface area is 124 Å². The average molecular weight is 288 g/mol. The van der Waals surface area contributed by atoms with Crippen LogP contribution in [0.1, 0.15) is 31.1 Å². The zero-order valence-electron chi connectivity index (χ0n) is 12.5. The maximum Gasteiger partial charge on any atom is 0.233 e. The van der Waals surface area contributed by atoms with Crippen molar-refractivity contribution in [2.45, 2.75) is 19.9 Å². The molecule has 6 nitrogen and oxygen atoms in total. The van der Waals surface area contributed by atoms with Gasteiger partial charge in [0.25, 0.3) is 0 Å². The molecule has 0 aliphatic carbocycles. The standard InChI is InChI=1S/C15H20N4O2/c1-4-17-15(13-6-7-14(20-3)19-18-13)11-8-12(21-5-2)10-16-9-11/h6-10,15,17H,4-5H2,1-3H3. The van der Waals surface area contributed by atoms with Crippen LogP contribution < -0.4 is 14.8 Å². The van der Waals surface area contributed by atoms with E-state index in [0.717, 1.165) is 23.6 Å². The summed E-state index contributed by atoms with van der Waals surface area (Å²) in [5.41, 5.74) is 1.80. The molecule has 0 aliphatic heterocycles. The smallest absolute Gasteiger partial charge is 0.233 e. The summed E-state index contributed by atoms with van der Waals surface area (Å²) in [4.78, 5) is 4.23. The van der Waals surface area contributed by atoms with E-state index in [9.17, 15) is 0 Å². The Morgan fingerprint density at radius 3 is 2.67 bits per heavy atom. The average Bonchev–Trinajstić information content (AvgIpc) is 2.53. The molecule has 1 unspecified atom stereocenters. The van der Waals surface area contributed by atoms with Gasteiger partial charge in [-0.15, -0.1) is 10.2 Å². The summed E-state index contributed by atoms with van der Waals surface area (Å²) in [6, 6.07) is 5.58. The number of nitrogens with one attached hydrogen (secondary N) is 1. The van der Waals surface area contributed by atoms with Gasteiger partial charge in [-0.1, -0.05) is 6.92 Å². The zero-order valence-corrected chi connectivity index (χ0v) is 12.5. The zero-order chi connectivity index (χ0) is 15.1. The topological polar surface area (TPSA) is 69.2 Å². The molecular formula is C15H20N4O2. The minimum atomic E-state index is -0.0821. The lowest BCUT2D eigenvalue weighted by molar-refractivity contribution is 0.338. The van der Waals surface area contributed by atoms with Gasteiger partial charge in [0.05, 0.1) is 31.6 Å². The highest BCUT2D eigenvalue weighted by Gasteiger charge is 2.16. The first-order chi connectivity index (χ1) is 10.3. The van der Waals surface area contributed by atoms with Crippen molar-refractivity contribution in [3.8, 4) is 11.6 Å². The van der Waals surface area contributed by atoms with Gasteiger partial charge in [0.2, 0.25) is 5.88 Å². The lowest BCUT2D eigenvalue weighted by atomic mass is 10.1. The predicted molar refractivity (Wildman–Crippen MR) is 79.5 cm³/mol. The Morgan fingerprint density at radius 1 is 1.19 bits per heavy atom. The first-order valence-corrected chi connectivity index (χ1v) is 6.97. The van der Waals surface area contributed by atoms with Crippen molar-refractivity contribution in [2.24, 2.45) is 0 Å². The Balaban J connectivity index is 2.30. The molecule has 2 aromatic rings. The molecule has 0 saturated heterocycles. The maximum absolute atomic E-state index is 5.50. The summed E-state index contributed by atoms with van der Waals surface area (Å²) in [6.07, 6.45) is 3.51. The SMILES string of the molecule is CCNC(c1cncc(OCC)c1)c1ccc(OC)nn1. The second kappa shape index (κ2) is 7.54. The summed E-state index contributed by atoms with van der Waals surface area (Å²) < 4.78 is 10.5. The molecule has 6 heteroatoms. The monoisotopic (exact) mass is 288 g/mol. The summed E-state index contributed by atoms with van der Waals surface area (Å²) in [5, 5.41) is 11.6. The highest BCUT2D eigenvalue weighted by molar-refractivity contribution is 5.31. The number of methoxy groups -OCH3 is 1. The number of aromatic nitrogens is 3. The van der Waals surface area contributed by atoms with Gasteiger partial charge in [0.1, 0.15) is 5.75 Å². The van der Waals surface area contributed by atoms with E-state index in [-0.39, 0.29) is 6.04 Å². The largest absolute Gasteiger partial charge is 0.492 e. The van der Waals surface area contributed by atoms with Crippen LogP contribution in [0.25, 0.3) is 0 Å². The molecule has 2 rings (SSSR count). The van der Waals surface area contributed by atoms with Crippen LogP contribution in [-0.4, -0.2) is 35.4 Å². The van der Waals surface area contributed by atoms with Crippen molar-refractivity contribution in [3.05, 3.63) is 41.9 Å². The quantitative estimate of drug-likeness (QED) is 0.840. The van der Waals surface area contributed by atoms with Crippen molar-refractivity contribution in [2.75, 3.05) is 20.3 Å². The second-order valence-corrected chi connectivity index (χ2v) is 4.38. The van der Waals surface area contributed by atoms with Gasteiger partial charge >= 0.3 is 0 Å². The molecule has 0 bridgehead atoms. The highest BCUT2D eigenvalue weighted by Crippen LogP contribution is 2.23. The van der Waals surface area contributed by atoms with Crippen LogP contribution in [0.5, 0.6) is 11.6 Å². The minimum absolute atomic E-state index is 0.0821. The van der Waals surface area contributed by atoms with Crippen LogP contribution >= 0.6 is 0 Å². The highest BCUT2D eigenvalue weighted by atomic mass is 16.5. The molecule has 0 aliphatic rings. The molecule has 2 aromatic heterocycles. The predicted octanol–water partition coefficient (Wildman–Crippen LogP) is 1.98. The third kappa shape index (κ3) is 3.88. The number of hydrogen-bond donors (Lipinski definition) is 1. The number of pyridine rings is 1. The normalized spacial score (nSPS) is 12.0. The molecular weight excluding hydrogens is 268 g/mol. The molecule has 21 heavy (non-hydrogen) atoms. The van der Waals surface area contributed by atoms with Crippen molar-refractivity contribution in [3.63, 3.8) is 0 Å². The fourth-order valence-electron chi connectivity index (χ4n) is 2.03. The first-order valence-electron chi connectivity index (χ1n) is 6.97. The fourth-order valence-corrected chi connectivity index (χ4v) is 2.03. The second-order valence-electron chi connectivity index (χ2n) is 4.38. The van der Waals surface area contributed by atoms with E-state index in [1.807, 2.05) is 32.2 Å². The number of nitrogens with zero attached hydrogens (tertiary/aromatic N) is 3. The Morgan fingerprint density at radius 2 is 2.05 bits per heavy atom. The van der Waals surface area contributed by atoms with Crippen molar-refractivity contribution < 1.29 is 9.47 Å². The summed E-state index contributed by atoms with van der Waals surface area (Å²) in [5.74, 6) is 1.24. The molecule has 0 radical (unpaired) electrons. The van der Waals surface area contributed by atoms with E-state index >= 15 is 0 Å². The molecule has 1 atom stereocenters. The lowest BCUT2D eigenvalue weighted by Gasteiger charge is -2.17. The molecule has 1 N–H and O–H groups in total. The Kier molecular flexibility index (Phi) is 5.45. The van der Waals surface area contributed by atoms with Gasteiger partial charge < -0.3 is 14.8 Å². The van der Waals surface area contributed by atoms with Crippen LogP contribution in [-0.2, 0) is 0 Å². The number of ether oxygens (including phenoxy) is 2. The van der Waals surface area contributed by atoms with E-state index in [1.165, 1.54) is 0 Å². The van der Waals surface area contributed by atoms with Gasteiger partial charge in [-0.2, -0.15) is 0 Å². The minimum Gasteiger partial charge on any atom is -0.492 e. The molecule has 2 heterocycles. The third-order valence-corrected chi connectivity index (χ3v) is 2.95. The van der Waals surface area contributed by atoms with Crippen LogP contribution in [0.3, 0.4) is 0 Å². The lowest BCUT2D eigenvalue weighted by Crippen LogP contribution is -2.23. The van der Waals surface area contributed by atoms with E-state index in [2.05, 4.69) is 20.5 Å². The summed E-state index contributed by atoms with van der Waals surface area (Å²) >= 11 is 0. The molecule has 0 fully saturated rings. The van der Waals surface area contributed by atoms with Gasteiger partial charge in [-0.05, 0) is 31.2 Å². The molecule has 0 saturated carbocycles. The number of hydrogen-bond acceptors (Lipinski definition) is 6.